The van der Waals surface area contributed by atoms with Gasteiger partial charge in [-0.1, -0.05) is 30.3 Å². The number of rotatable bonds is 1. The molecule has 0 aromatic heterocycles. The first-order chi connectivity index (χ1) is 6.47. The van der Waals surface area contributed by atoms with Crippen molar-refractivity contribution in [3.63, 3.8) is 0 Å². The topological polar surface area (TPSA) is 14.1 Å². The number of hydrogen-bond donors (Lipinski definition) is 0. The van der Waals surface area contributed by atoms with Crippen LogP contribution in [-0.4, -0.2) is 6.54 Å². The fourth-order valence-electron chi connectivity index (χ4n) is 1.63. The molecule has 0 fully saturated rings. The minimum absolute atomic E-state index is 0.996. The summed E-state index contributed by atoms with van der Waals surface area (Å²) < 4.78 is 0. The Morgan fingerprint density at radius 2 is 1.85 bits per heavy atom. The lowest BCUT2D eigenvalue weighted by molar-refractivity contribution is 0.725. The maximum atomic E-state index is 4.37. The summed E-state index contributed by atoms with van der Waals surface area (Å²) >= 11 is 0. The lowest BCUT2D eigenvalue weighted by atomic mass is 10.0. The molecule has 1 aliphatic rings. The van der Waals surface area contributed by atoms with Gasteiger partial charge in [0.15, 0.2) is 0 Å². The zero-order valence-electron chi connectivity index (χ0n) is 7.74. The zero-order valence-corrected chi connectivity index (χ0v) is 7.74. The monoisotopic (exact) mass is 172 g/mol. The second-order valence-electron chi connectivity index (χ2n) is 3.38. The van der Waals surface area contributed by atoms with Gasteiger partial charge in [0.1, 0.15) is 0 Å². The van der Waals surface area contributed by atoms with E-state index in [2.05, 4.69) is 35.6 Å². The quantitative estimate of drug-likeness (QED) is 0.618. The highest BCUT2D eigenvalue weighted by Gasteiger charge is 2.04. The highest BCUT2D eigenvalue weighted by molar-refractivity contribution is 5.65. The second kappa shape index (κ2) is 4.13. The molecular weight excluding hydrogens is 158 g/mol. The third kappa shape index (κ3) is 2.11. The van der Waals surface area contributed by atoms with Gasteiger partial charge in [-0.05, 0) is 30.4 Å². The van der Waals surface area contributed by atoms with Gasteiger partial charge >= 0.3 is 0 Å². The van der Waals surface area contributed by atoms with Crippen LogP contribution in [0.25, 0.3) is 5.57 Å². The summed E-state index contributed by atoms with van der Waals surface area (Å²) in [7, 11) is 0. The largest absolute Gasteiger partial charge is 0.293 e. The maximum Gasteiger partial charge on any atom is 0.0389 e. The molecule has 2 rings (SSSR count). The Balaban J connectivity index is 2.19. The number of hydrogen-bond acceptors (Lipinski definition) is 0. The Hall–Kier alpha value is -1.24. The van der Waals surface area contributed by atoms with E-state index in [-0.39, 0.29) is 0 Å². The van der Waals surface area contributed by atoms with E-state index in [0.29, 0.717) is 0 Å². The molecule has 1 heteroatoms. The molecule has 1 heterocycles. The Labute approximate surface area is 79.5 Å². The van der Waals surface area contributed by atoms with Gasteiger partial charge in [0, 0.05) is 12.7 Å². The Morgan fingerprint density at radius 1 is 1.00 bits per heavy atom. The zero-order chi connectivity index (χ0) is 8.93. The minimum Gasteiger partial charge on any atom is -0.293 e. The Morgan fingerprint density at radius 3 is 2.69 bits per heavy atom. The molecule has 1 aliphatic heterocycles. The summed E-state index contributed by atoms with van der Waals surface area (Å²) in [4.78, 5) is 0. The normalized spacial score (nSPS) is 17.1. The van der Waals surface area contributed by atoms with Crippen molar-refractivity contribution in [1.82, 2.24) is 5.32 Å². The van der Waals surface area contributed by atoms with Gasteiger partial charge in [0.25, 0.3) is 0 Å². The van der Waals surface area contributed by atoms with Crippen LogP contribution in [0.4, 0.5) is 0 Å². The van der Waals surface area contributed by atoms with Crippen molar-refractivity contribution in [3.05, 3.63) is 42.1 Å². The number of allylic oxidation sites excluding steroid dienone is 1. The molecule has 67 valence electrons. The molecule has 0 saturated heterocycles. The maximum absolute atomic E-state index is 4.37. The number of benzene rings is 1. The molecule has 1 nitrogen and oxygen atoms in total. The average molecular weight is 172 g/mol. The summed E-state index contributed by atoms with van der Waals surface area (Å²) in [5.41, 5.74) is 2.71. The van der Waals surface area contributed by atoms with E-state index in [1.165, 1.54) is 30.4 Å². The standard InChI is InChI=1S/C12H14N/c1-2-6-11(7-3-1)12-8-4-5-9-13-10-12/h1-3,6-7,10H,4-5,8-9H2. The summed E-state index contributed by atoms with van der Waals surface area (Å²) in [6, 6.07) is 10.5. The molecule has 1 radical (unpaired) electrons. The van der Waals surface area contributed by atoms with Crippen LogP contribution in [0.15, 0.2) is 36.5 Å². The van der Waals surface area contributed by atoms with Crippen LogP contribution < -0.4 is 5.32 Å². The molecular formula is C12H14N. The van der Waals surface area contributed by atoms with Gasteiger partial charge in [-0.3, -0.25) is 5.32 Å². The summed E-state index contributed by atoms with van der Waals surface area (Å²) in [6.45, 7) is 0.996. The van der Waals surface area contributed by atoms with Crippen molar-refractivity contribution in [2.45, 2.75) is 19.3 Å². The lowest BCUT2D eigenvalue weighted by Crippen LogP contribution is -1.94. The molecule has 0 unspecified atom stereocenters. The summed E-state index contributed by atoms with van der Waals surface area (Å²) in [6.07, 6.45) is 5.72. The molecule has 0 N–H and O–H groups in total. The molecule has 0 bridgehead atoms. The van der Waals surface area contributed by atoms with E-state index >= 15 is 0 Å². The van der Waals surface area contributed by atoms with E-state index in [0.717, 1.165) is 6.54 Å². The van der Waals surface area contributed by atoms with E-state index in [1.807, 2.05) is 6.20 Å². The van der Waals surface area contributed by atoms with E-state index < -0.39 is 0 Å². The van der Waals surface area contributed by atoms with Crippen LogP contribution in [-0.2, 0) is 0 Å². The molecule has 13 heavy (non-hydrogen) atoms. The highest BCUT2D eigenvalue weighted by Crippen LogP contribution is 2.21. The Bertz CT molecular complexity index is 287. The molecule has 0 aliphatic carbocycles. The number of nitrogens with zero attached hydrogens (tertiary/aromatic N) is 1. The van der Waals surface area contributed by atoms with Gasteiger partial charge in [-0.2, -0.15) is 0 Å². The average Bonchev–Trinajstić information content (AvgIpc) is 2.47. The SMILES string of the molecule is C1=C(c2ccccc2)CCCC[N]1. The first-order valence-corrected chi connectivity index (χ1v) is 4.88. The first kappa shape index (κ1) is 8.36. The lowest BCUT2D eigenvalue weighted by Gasteiger charge is -2.03. The van der Waals surface area contributed by atoms with Crippen molar-refractivity contribution >= 4 is 5.57 Å². The van der Waals surface area contributed by atoms with Crippen LogP contribution in [0.3, 0.4) is 0 Å². The summed E-state index contributed by atoms with van der Waals surface area (Å²) in [5.74, 6) is 0. The van der Waals surface area contributed by atoms with Gasteiger partial charge in [0.05, 0.1) is 0 Å². The van der Waals surface area contributed by atoms with Crippen LogP contribution in [0.2, 0.25) is 0 Å². The van der Waals surface area contributed by atoms with Crippen molar-refractivity contribution in [1.29, 1.82) is 0 Å². The van der Waals surface area contributed by atoms with E-state index in [4.69, 9.17) is 0 Å². The second-order valence-corrected chi connectivity index (χ2v) is 3.38. The smallest absolute Gasteiger partial charge is 0.0389 e. The van der Waals surface area contributed by atoms with Gasteiger partial charge in [-0.25, -0.2) is 0 Å². The molecule has 0 atom stereocenters. The minimum atomic E-state index is 0.996. The van der Waals surface area contributed by atoms with Crippen molar-refractivity contribution < 1.29 is 0 Å². The fraction of sp³-hybridized carbons (Fsp3) is 0.333. The van der Waals surface area contributed by atoms with Crippen molar-refractivity contribution in [3.8, 4) is 0 Å². The van der Waals surface area contributed by atoms with Crippen LogP contribution in [0, 0.1) is 0 Å². The fourth-order valence-corrected chi connectivity index (χ4v) is 1.63. The Kier molecular flexibility index (Phi) is 2.65. The van der Waals surface area contributed by atoms with Gasteiger partial charge in [0.2, 0.25) is 0 Å². The summed E-state index contributed by atoms with van der Waals surface area (Å²) in [5, 5.41) is 4.37. The molecule has 0 spiro atoms. The highest BCUT2D eigenvalue weighted by atomic mass is 14.8. The van der Waals surface area contributed by atoms with Crippen LogP contribution in [0.5, 0.6) is 0 Å². The van der Waals surface area contributed by atoms with Crippen LogP contribution >= 0.6 is 0 Å². The van der Waals surface area contributed by atoms with Crippen LogP contribution in [0.1, 0.15) is 24.8 Å². The molecule has 0 amide bonds. The predicted octanol–water partition coefficient (Wildman–Crippen LogP) is 2.82. The van der Waals surface area contributed by atoms with E-state index in [1.54, 1.807) is 0 Å². The first-order valence-electron chi connectivity index (χ1n) is 4.88. The third-order valence-corrected chi connectivity index (χ3v) is 2.38. The molecule has 1 aromatic rings. The van der Waals surface area contributed by atoms with Gasteiger partial charge < -0.3 is 0 Å². The molecule has 1 aromatic carbocycles. The molecule has 0 saturated carbocycles. The van der Waals surface area contributed by atoms with Crippen molar-refractivity contribution in [2.24, 2.45) is 0 Å². The third-order valence-electron chi connectivity index (χ3n) is 2.38. The van der Waals surface area contributed by atoms with Gasteiger partial charge in [-0.15, -0.1) is 0 Å². The van der Waals surface area contributed by atoms with E-state index in [9.17, 15) is 0 Å². The van der Waals surface area contributed by atoms with Crippen molar-refractivity contribution in [2.75, 3.05) is 6.54 Å². The predicted molar refractivity (Wildman–Crippen MR) is 55.3 cm³/mol.